The number of amidine groups is 2. The molecule has 51 heavy (non-hydrogen) atoms. The number of para-hydroxylation sites is 1. The Morgan fingerprint density at radius 2 is 1.18 bits per heavy atom. The molecule has 1 aliphatic heterocycles. The number of nitrogens with zero attached hydrogens (tertiary/aromatic N) is 2. The Hall–Kier alpha value is -6.50. The van der Waals surface area contributed by atoms with E-state index in [-0.39, 0.29) is 6.17 Å². The monoisotopic (exact) mass is 673 g/mol. The van der Waals surface area contributed by atoms with Gasteiger partial charge in [-0.05, 0) is 65.2 Å². The van der Waals surface area contributed by atoms with Crippen LogP contribution in [0.5, 0.6) is 0 Å². The molecule has 7 aromatic carbocycles. The second-order valence-electron chi connectivity index (χ2n) is 12.9. The normalized spacial score (nSPS) is 14.9. The lowest BCUT2D eigenvalue weighted by Crippen LogP contribution is -2.33. The van der Waals surface area contributed by atoms with Crippen molar-refractivity contribution in [1.82, 2.24) is 5.32 Å². The number of nitrogens with one attached hydrogen (secondary N) is 1. The molecule has 10 aromatic rings. The zero-order valence-corrected chi connectivity index (χ0v) is 27.9. The van der Waals surface area contributed by atoms with Gasteiger partial charge in [0, 0.05) is 52.8 Å². The van der Waals surface area contributed by atoms with E-state index in [0.29, 0.717) is 5.84 Å². The standard InChI is InChI=1S/C45H27N3O2S/c1-2-10-26(11-3-1)43-46-44(28-21-23-40-33(25-28)30-12-5-7-19-39(30)51-40)48-45(47-43)32-15-9-18-38-42(32)34-24-27(20-22-36(34)50-38)29-14-8-17-37-41(29)31-13-4-6-16-35(31)49-37/h1-25,44H,(H,46,47,48). The molecule has 11 rings (SSSR count). The van der Waals surface area contributed by atoms with Crippen LogP contribution >= 0.6 is 11.3 Å². The van der Waals surface area contributed by atoms with E-state index in [2.05, 4.69) is 108 Å². The third-order valence-electron chi connectivity index (χ3n) is 9.96. The maximum atomic E-state index is 6.48. The van der Waals surface area contributed by atoms with Crippen molar-refractivity contribution in [3.63, 3.8) is 0 Å². The first-order chi connectivity index (χ1) is 25.2. The first kappa shape index (κ1) is 28.3. The Labute approximate surface area is 295 Å². The average Bonchev–Trinajstić information content (AvgIpc) is 3.88. The van der Waals surface area contributed by atoms with E-state index in [4.69, 9.17) is 18.8 Å². The number of furan rings is 2. The predicted molar refractivity (Wildman–Crippen MR) is 211 cm³/mol. The van der Waals surface area contributed by atoms with Crippen molar-refractivity contribution in [2.24, 2.45) is 9.98 Å². The van der Waals surface area contributed by atoms with Gasteiger partial charge in [0.25, 0.3) is 0 Å². The van der Waals surface area contributed by atoms with Crippen molar-refractivity contribution in [3.05, 3.63) is 168 Å². The van der Waals surface area contributed by atoms with E-state index in [0.717, 1.165) is 77.5 Å². The minimum absolute atomic E-state index is 0.341. The Bertz CT molecular complexity index is 3070. The zero-order chi connectivity index (χ0) is 33.5. The molecule has 5 nitrogen and oxygen atoms in total. The average molecular weight is 674 g/mol. The van der Waals surface area contributed by atoms with Crippen LogP contribution in [0.25, 0.3) is 75.2 Å². The molecule has 0 saturated heterocycles. The largest absolute Gasteiger partial charge is 0.456 e. The maximum absolute atomic E-state index is 6.48. The van der Waals surface area contributed by atoms with Crippen LogP contribution in [0.2, 0.25) is 0 Å². The summed E-state index contributed by atoms with van der Waals surface area (Å²) in [5, 5.41) is 10.4. The summed E-state index contributed by atoms with van der Waals surface area (Å²) >= 11 is 1.82. The third-order valence-corrected chi connectivity index (χ3v) is 11.1. The van der Waals surface area contributed by atoms with Crippen molar-refractivity contribution in [2.75, 3.05) is 0 Å². The SMILES string of the molecule is c1ccc(C2=NC(c3cccc4oc5ccc(-c6cccc7oc8ccccc8c67)cc5c34)=NC(c3ccc4sc5ccccc5c4c3)N2)cc1. The number of hydrogen-bond donors (Lipinski definition) is 1. The first-order valence-corrected chi connectivity index (χ1v) is 17.8. The molecule has 1 aliphatic rings. The van der Waals surface area contributed by atoms with Crippen molar-refractivity contribution in [2.45, 2.75) is 6.17 Å². The Balaban J connectivity index is 1.11. The van der Waals surface area contributed by atoms with Crippen LogP contribution in [0.4, 0.5) is 0 Å². The molecular formula is C45H27N3O2S. The van der Waals surface area contributed by atoms with Crippen LogP contribution < -0.4 is 5.32 Å². The smallest absolute Gasteiger partial charge is 0.160 e. The highest BCUT2D eigenvalue weighted by Gasteiger charge is 2.24. The second-order valence-corrected chi connectivity index (χ2v) is 14.0. The summed E-state index contributed by atoms with van der Waals surface area (Å²) in [6.45, 7) is 0. The van der Waals surface area contributed by atoms with Gasteiger partial charge in [-0.3, -0.25) is 0 Å². The van der Waals surface area contributed by atoms with Gasteiger partial charge in [-0.25, -0.2) is 9.98 Å². The fraction of sp³-hybridized carbons (Fsp3) is 0.0222. The minimum Gasteiger partial charge on any atom is -0.456 e. The number of rotatable bonds is 4. The molecular weight excluding hydrogens is 647 g/mol. The highest BCUT2D eigenvalue weighted by Crippen LogP contribution is 2.41. The summed E-state index contributed by atoms with van der Waals surface area (Å²) in [6, 6.07) is 52.6. The topological polar surface area (TPSA) is 63.0 Å². The Kier molecular flexibility index (Phi) is 6.12. The summed E-state index contributed by atoms with van der Waals surface area (Å²) < 4.78 is 15.3. The van der Waals surface area contributed by atoms with Gasteiger partial charge in [0.2, 0.25) is 0 Å². The van der Waals surface area contributed by atoms with Crippen LogP contribution in [0.15, 0.2) is 170 Å². The number of aliphatic imine (C=N–C) groups is 2. The van der Waals surface area contributed by atoms with Gasteiger partial charge in [-0.15, -0.1) is 11.3 Å². The molecule has 0 amide bonds. The van der Waals surface area contributed by atoms with Gasteiger partial charge in [-0.2, -0.15) is 0 Å². The van der Waals surface area contributed by atoms with E-state index in [1.165, 1.54) is 20.2 Å². The van der Waals surface area contributed by atoms with Crippen LogP contribution in [0, 0.1) is 0 Å². The van der Waals surface area contributed by atoms with E-state index >= 15 is 0 Å². The summed E-state index contributed by atoms with van der Waals surface area (Å²) in [6.07, 6.45) is -0.341. The first-order valence-electron chi connectivity index (χ1n) is 17.0. The summed E-state index contributed by atoms with van der Waals surface area (Å²) in [4.78, 5) is 10.5. The highest BCUT2D eigenvalue weighted by atomic mass is 32.1. The maximum Gasteiger partial charge on any atom is 0.160 e. The molecule has 1 unspecified atom stereocenters. The Morgan fingerprint density at radius 1 is 0.490 bits per heavy atom. The van der Waals surface area contributed by atoms with Gasteiger partial charge in [-0.1, -0.05) is 103 Å². The molecule has 1 atom stereocenters. The molecule has 0 fully saturated rings. The number of fused-ring (bicyclic) bond motifs is 9. The molecule has 1 N–H and O–H groups in total. The fourth-order valence-electron chi connectivity index (χ4n) is 7.59. The predicted octanol–water partition coefficient (Wildman–Crippen LogP) is 12.0. The van der Waals surface area contributed by atoms with Gasteiger partial charge in [0.05, 0.1) is 0 Å². The van der Waals surface area contributed by atoms with E-state index < -0.39 is 0 Å². The molecule has 0 spiro atoms. The quantitative estimate of drug-likeness (QED) is 0.202. The summed E-state index contributed by atoms with van der Waals surface area (Å²) in [7, 11) is 0. The lowest BCUT2D eigenvalue weighted by atomic mass is 9.97. The molecule has 240 valence electrons. The lowest BCUT2D eigenvalue weighted by molar-refractivity contribution is 0.668. The lowest BCUT2D eigenvalue weighted by Gasteiger charge is -2.24. The molecule has 0 aliphatic carbocycles. The van der Waals surface area contributed by atoms with Crippen LogP contribution in [-0.4, -0.2) is 11.7 Å². The van der Waals surface area contributed by atoms with Crippen LogP contribution in [-0.2, 0) is 0 Å². The van der Waals surface area contributed by atoms with Gasteiger partial charge >= 0.3 is 0 Å². The fourth-order valence-corrected chi connectivity index (χ4v) is 8.68. The van der Waals surface area contributed by atoms with E-state index in [9.17, 15) is 0 Å². The van der Waals surface area contributed by atoms with E-state index in [1.54, 1.807) is 0 Å². The van der Waals surface area contributed by atoms with Crippen molar-refractivity contribution < 1.29 is 8.83 Å². The zero-order valence-electron chi connectivity index (χ0n) is 27.1. The van der Waals surface area contributed by atoms with Crippen LogP contribution in [0.1, 0.15) is 22.9 Å². The number of hydrogen-bond acceptors (Lipinski definition) is 6. The molecule has 6 heteroatoms. The van der Waals surface area contributed by atoms with Gasteiger partial charge < -0.3 is 14.2 Å². The van der Waals surface area contributed by atoms with E-state index in [1.807, 2.05) is 59.9 Å². The summed E-state index contributed by atoms with van der Waals surface area (Å²) in [5.41, 5.74) is 8.59. The number of benzene rings is 7. The molecule has 0 radical (unpaired) electrons. The summed E-state index contributed by atoms with van der Waals surface area (Å²) in [5.74, 6) is 1.44. The second kappa shape index (κ2) is 11.0. The van der Waals surface area contributed by atoms with Gasteiger partial charge in [0.15, 0.2) is 5.84 Å². The van der Waals surface area contributed by atoms with Crippen molar-refractivity contribution >= 4 is 87.1 Å². The molecule has 4 heterocycles. The third kappa shape index (κ3) is 4.47. The Morgan fingerprint density at radius 3 is 2.04 bits per heavy atom. The molecule has 0 saturated carbocycles. The van der Waals surface area contributed by atoms with Crippen molar-refractivity contribution in [1.29, 1.82) is 0 Å². The number of thiophene rings is 1. The van der Waals surface area contributed by atoms with Gasteiger partial charge in [0.1, 0.15) is 34.3 Å². The molecule has 0 bridgehead atoms. The highest BCUT2D eigenvalue weighted by molar-refractivity contribution is 7.25. The van der Waals surface area contributed by atoms with Crippen molar-refractivity contribution in [3.8, 4) is 11.1 Å². The van der Waals surface area contributed by atoms with Crippen LogP contribution in [0.3, 0.4) is 0 Å². The molecule has 3 aromatic heterocycles. The minimum atomic E-state index is -0.341.